The van der Waals surface area contributed by atoms with E-state index >= 15 is 0 Å². The van der Waals surface area contributed by atoms with Crippen LogP contribution in [-0.2, 0) is 11.3 Å². The van der Waals surface area contributed by atoms with Crippen LogP contribution < -0.4 is 16.0 Å². The zero-order valence-corrected chi connectivity index (χ0v) is 18.1. The molecule has 0 spiro atoms. The number of benzene rings is 3. The van der Waals surface area contributed by atoms with Crippen molar-refractivity contribution in [3.8, 4) is 0 Å². The summed E-state index contributed by atoms with van der Waals surface area (Å²) < 4.78 is 32.8. The number of nitrogens with one attached hydrogen (secondary N) is 2. The van der Waals surface area contributed by atoms with Crippen LogP contribution in [0.3, 0.4) is 0 Å². The molecule has 1 amide bonds. The van der Waals surface area contributed by atoms with Gasteiger partial charge in [-0.05, 0) is 52.1 Å². The average molecular weight is 460 g/mol. The van der Waals surface area contributed by atoms with Gasteiger partial charge in [0.25, 0.3) is 11.8 Å². The van der Waals surface area contributed by atoms with Crippen molar-refractivity contribution in [2.75, 3.05) is 18.0 Å². The summed E-state index contributed by atoms with van der Waals surface area (Å²) in [6, 6.07) is 18.5. The van der Waals surface area contributed by atoms with E-state index < -0.39 is 5.92 Å². The molecule has 3 aromatic rings. The number of carbonyl (C=O) groups is 1. The lowest BCUT2D eigenvalue weighted by Gasteiger charge is -2.40. The molecule has 34 heavy (non-hydrogen) atoms. The molecule has 3 heterocycles. The molecule has 3 aliphatic rings. The monoisotopic (exact) mass is 460 g/mol. The number of amides is 1. The van der Waals surface area contributed by atoms with E-state index in [1.165, 1.54) is 0 Å². The molecule has 3 aliphatic heterocycles. The van der Waals surface area contributed by atoms with Crippen molar-refractivity contribution in [1.29, 1.82) is 5.41 Å². The molecular formula is C26H22F2N4O2. The minimum Gasteiger partial charge on any atom is -0.384 e. The minimum atomic E-state index is -2.63. The van der Waals surface area contributed by atoms with Gasteiger partial charge in [-0.2, -0.15) is 0 Å². The summed E-state index contributed by atoms with van der Waals surface area (Å²) in [5, 5.41) is 10.4. The Bertz CT molecular complexity index is 1330. The van der Waals surface area contributed by atoms with E-state index in [9.17, 15) is 13.6 Å². The number of hydrogen-bond donors (Lipinski definition) is 3. The number of nitrogens with two attached hydrogens (primary N) is 1. The second kappa shape index (κ2) is 7.36. The highest BCUT2D eigenvalue weighted by molar-refractivity contribution is 5.95. The van der Waals surface area contributed by atoms with Crippen molar-refractivity contribution < 1.29 is 18.3 Å². The van der Waals surface area contributed by atoms with Crippen LogP contribution in [0.4, 0.5) is 14.5 Å². The molecule has 0 radical (unpaired) electrons. The third-order valence-corrected chi connectivity index (χ3v) is 6.75. The summed E-state index contributed by atoms with van der Waals surface area (Å²) in [4.78, 5) is 14.5. The molecule has 4 N–H and O–H groups in total. The molecule has 6 nitrogen and oxygen atoms in total. The smallest absolute Gasteiger partial charge is 0.282 e. The van der Waals surface area contributed by atoms with E-state index in [2.05, 4.69) is 5.32 Å². The Balaban J connectivity index is 1.19. The summed E-state index contributed by atoms with van der Waals surface area (Å²) in [5.74, 6) is -2.82. The molecule has 0 saturated carbocycles. The fourth-order valence-electron chi connectivity index (χ4n) is 4.95. The molecule has 2 atom stereocenters. The van der Waals surface area contributed by atoms with Crippen molar-refractivity contribution in [2.24, 2.45) is 5.73 Å². The Morgan fingerprint density at radius 3 is 2.26 bits per heavy atom. The van der Waals surface area contributed by atoms with Crippen LogP contribution in [0.15, 0.2) is 60.7 Å². The predicted molar refractivity (Wildman–Crippen MR) is 123 cm³/mol. The van der Waals surface area contributed by atoms with Crippen LogP contribution in [0.5, 0.6) is 0 Å². The lowest BCUT2D eigenvalue weighted by molar-refractivity contribution is -0.0262. The standard InChI is InChI=1S/C26H22F2N4O2/c27-26(28)12-32(13-26)17-6-8-19-21(10-17)23-20-9-16(5-7-18(20)22(19)34-23)25(33)31-11-14-1-3-15(4-2-14)24(29)30/h1-10,22-23H,11-13H2,(H3,29,30)(H,31,33). The molecule has 0 aromatic heterocycles. The Hall–Kier alpha value is -3.78. The summed E-state index contributed by atoms with van der Waals surface area (Å²) in [5.41, 5.74) is 12.3. The van der Waals surface area contributed by atoms with Gasteiger partial charge in [0.05, 0.1) is 13.1 Å². The Morgan fingerprint density at radius 2 is 1.59 bits per heavy atom. The SMILES string of the molecule is N=C(N)c1ccc(CNC(=O)c2ccc3c(c2)C2OC3c3ccc(N4CC(F)(F)C4)cc32)cc1. The van der Waals surface area contributed by atoms with Gasteiger partial charge in [0.15, 0.2) is 0 Å². The summed E-state index contributed by atoms with van der Waals surface area (Å²) in [6.45, 7) is -0.179. The van der Waals surface area contributed by atoms with Gasteiger partial charge in [0, 0.05) is 23.4 Å². The normalized spacial score (nSPS) is 20.9. The lowest BCUT2D eigenvalue weighted by atomic mass is 9.84. The number of hydrogen-bond acceptors (Lipinski definition) is 4. The van der Waals surface area contributed by atoms with Gasteiger partial charge in [-0.25, -0.2) is 8.78 Å². The van der Waals surface area contributed by atoms with Crippen molar-refractivity contribution in [3.63, 3.8) is 0 Å². The second-order valence-corrected chi connectivity index (χ2v) is 9.06. The zero-order chi connectivity index (χ0) is 23.6. The van der Waals surface area contributed by atoms with Crippen LogP contribution in [0.25, 0.3) is 0 Å². The number of carbonyl (C=O) groups excluding carboxylic acids is 1. The van der Waals surface area contributed by atoms with E-state index in [1.54, 1.807) is 23.1 Å². The first-order valence-electron chi connectivity index (χ1n) is 11.1. The first-order valence-corrected chi connectivity index (χ1v) is 11.1. The number of nitrogens with zero attached hydrogens (tertiary/aromatic N) is 1. The Kier molecular flexibility index (Phi) is 4.50. The molecule has 6 rings (SSSR count). The average Bonchev–Trinajstić information content (AvgIpc) is 3.38. The Morgan fingerprint density at radius 1 is 0.971 bits per heavy atom. The van der Waals surface area contributed by atoms with Gasteiger partial charge >= 0.3 is 0 Å². The third kappa shape index (κ3) is 3.33. The first kappa shape index (κ1) is 20.8. The quantitative estimate of drug-likeness (QED) is 0.398. The second-order valence-electron chi connectivity index (χ2n) is 9.06. The number of fused-ring (bicyclic) bond motifs is 8. The lowest BCUT2D eigenvalue weighted by Crippen LogP contribution is -2.56. The number of ether oxygens (including phenoxy) is 1. The third-order valence-electron chi connectivity index (χ3n) is 6.75. The molecule has 0 aliphatic carbocycles. The highest BCUT2D eigenvalue weighted by Crippen LogP contribution is 2.55. The molecule has 2 unspecified atom stereocenters. The fraction of sp³-hybridized carbons (Fsp3) is 0.231. The van der Waals surface area contributed by atoms with Gasteiger partial charge < -0.3 is 20.7 Å². The number of alkyl halides is 2. The highest BCUT2D eigenvalue weighted by atomic mass is 19.3. The fourth-order valence-corrected chi connectivity index (χ4v) is 4.95. The van der Waals surface area contributed by atoms with E-state index in [0.717, 1.165) is 33.5 Å². The highest BCUT2D eigenvalue weighted by Gasteiger charge is 2.46. The van der Waals surface area contributed by atoms with Gasteiger partial charge in [0.2, 0.25) is 0 Å². The Labute approximate surface area is 194 Å². The van der Waals surface area contributed by atoms with E-state index in [4.69, 9.17) is 15.9 Å². The number of anilines is 1. The predicted octanol–water partition coefficient (Wildman–Crippen LogP) is 3.88. The van der Waals surface area contributed by atoms with Crippen LogP contribution in [0.1, 0.15) is 55.9 Å². The summed E-state index contributed by atoms with van der Waals surface area (Å²) >= 11 is 0. The first-order chi connectivity index (χ1) is 16.3. The van der Waals surface area contributed by atoms with Crippen LogP contribution >= 0.6 is 0 Å². The van der Waals surface area contributed by atoms with Gasteiger partial charge in [-0.15, -0.1) is 0 Å². The van der Waals surface area contributed by atoms with E-state index in [0.29, 0.717) is 17.7 Å². The van der Waals surface area contributed by atoms with Crippen molar-refractivity contribution in [2.45, 2.75) is 24.7 Å². The van der Waals surface area contributed by atoms with E-state index in [1.807, 2.05) is 42.5 Å². The minimum absolute atomic E-state index is 0.00162. The maximum Gasteiger partial charge on any atom is 0.282 e. The molecule has 1 fully saturated rings. The summed E-state index contributed by atoms with van der Waals surface area (Å²) in [6.07, 6.45) is -0.498. The summed E-state index contributed by atoms with van der Waals surface area (Å²) in [7, 11) is 0. The van der Waals surface area contributed by atoms with Crippen molar-refractivity contribution in [3.05, 3.63) is 99.6 Å². The van der Waals surface area contributed by atoms with Gasteiger partial charge in [-0.3, -0.25) is 10.2 Å². The molecule has 3 aromatic carbocycles. The van der Waals surface area contributed by atoms with E-state index in [-0.39, 0.29) is 37.0 Å². The molecule has 1 saturated heterocycles. The molecule has 8 heteroatoms. The van der Waals surface area contributed by atoms with Crippen LogP contribution in [0.2, 0.25) is 0 Å². The maximum absolute atomic E-state index is 13.3. The van der Waals surface area contributed by atoms with Crippen LogP contribution in [0, 0.1) is 5.41 Å². The zero-order valence-electron chi connectivity index (χ0n) is 18.1. The number of halogens is 2. The van der Waals surface area contributed by atoms with Crippen molar-refractivity contribution in [1.82, 2.24) is 5.32 Å². The number of nitrogen functional groups attached to an aromatic ring is 1. The molecule has 2 bridgehead atoms. The van der Waals surface area contributed by atoms with Gasteiger partial charge in [0.1, 0.15) is 18.0 Å². The largest absolute Gasteiger partial charge is 0.384 e. The van der Waals surface area contributed by atoms with Gasteiger partial charge in [-0.1, -0.05) is 36.4 Å². The van der Waals surface area contributed by atoms with Crippen molar-refractivity contribution >= 4 is 17.4 Å². The molecule has 172 valence electrons. The molecular weight excluding hydrogens is 438 g/mol. The number of rotatable bonds is 5. The topological polar surface area (TPSA) is 91.4 Å². The number of amidine groups is 1. The maximum atomic E-state index is 13.3. The van der Waals surface area contributed by atoms with Crippen LogP contribution in [-0.4, -0.2) is 30.8 Å².